The Morgan fingerprint density at radius 1 is 1.60 bits per heavy atom. The van der Waals surface area contributed by atoms with Crippen molar-refractivity contribution >= 4 is 0 Å². The van der Waals surface area contributed by atoms with Gasteiger partial charge in [-0.2, -0.15) is 0 Å². The van der Waals surface area contributed by atoms with Crippen LogP contribution >= 0.6 is 0 Å². The molecule has 10 heavy (non-hydrogen) atoms. The number of hydrogen-bond acceptors (Lipinski definition) is 0. The number of hydrogen-bond donors (Lipinski definition) is 0. The van der Waals surface area contributed by atoms with Crippen molar-refractivity contribution in [2.45, 2.75) is 33.6 Å². The molecule has 0 saturated heterocycles. The summed E-state index contributed by atoms with van der Waals surface area (Å²) in [6, 6.07) is 0. The van der Waals surface area contributed by atoms with E-state index < -0.39 is 0 Å². The number of allylic oxidation sites excluding steroid dienone is 2. The maximum Gasteiger partial charge on any atom is -0.0138 e. The smallest absolute Gasteiger partial charge is 0.0138 e. The van der Waals surface area contributed by atoms with Crippen LogP contribution in [0.15, 0.2) is 11.6 Å². The number of rotatable bonds is 1. The van der Waals surface area contributed by atoms with Gasteiger partial charge in [0.05, 0.1) is 0 Å². The first-order valence-electron chi connectivity index (χ1n) is 4.33. The zero-order valence-electron chi connectivity index (χ0n) is 7.15. The molecule has 56 valence electrons. The molecule has 0 nitrogen and oxygen atoms in total. The van der Waals surface area contributed by atoms with Gasteiger partial charge in [-0.05, 0) is 37.0 Å². The lowest BCUT2D eigenvalue weighted by Crippen LogP contribution is -2.08. The monoisotopic (exact) mass is 136 g/mol. The Labute approximate surface area is 63.3 Å². The highest BCUT2D eigenvalue weighted by Crippen LogP contribution is 2.67. The van der Waals surface area contributed by atoms with Crippen molar-refractivity contribution in [2.75, 3.05) is 0 Å². The maximum absolute atomic E-state index is 2.44. The van der Waals surface area contributed by atoms with E-state index in [4.69, 9.17) is 0 Å². The molecule has 0 aromatic rings. The molecule has 0 heteroatoms. The summed E-state index contributed by atoms with van der Waals surface area (Å²) in [6.07, 6.45) is 5.28. The summed E-state index contributed by atoms with van der Waals surface area (Å²) in [6.45, 7) is 7.03. The van der Waals surface area contributed by atoms with Gasteiger partial charge in [-0.15, -0.1) is 0 Å². The Kier molecular flexibility index (Phi) is 1.07. The van der Waals surface area contributed by atoms with E-state index >= 15 is 0 Å². The van der Waals surface area contributed by atoms with Gasteiger partial charge in [-0.1, -0.05) is 25.5 Å². The zero-order chi connectivity index (χ0) is 7.35. The van der Waals surface area contributed by atoms with Gasteiger partial charge in [-0.25, -0.2) is 0 Å². The Hall–Kier alpha value is -0.260. The minimum Gasteiger partial charge on any atom is -0.0847 e. The first-order valence-corrected chi connectivity index (χ1v) is 4.33. The average molecular weight is 136 g/mol. The minimum atomic E-state index is 0.740. The average Bonchev–Trinajstić information content (AvgIpc) is 2.52. The molecule has 1 saturated carbocycles. The first kappa shape index (κ1) is 6.45. The lowest BCUT2D eigenvalue weighted by molar-refractivity contribution is 0.354. The summed E-state index contributed by atoms with van der Waals surface area (Å²) in [5, 5.41) is 0. The molecular weight excluding hydrogens is 120 g/mol. The van der Waals surface area contributed by atoms with Gasteiger partial charge < -0.3 is 0 Å². The molecule has 2 aliphatic rings. The molecule has 0 unspecified atom stereocenters. The Morgan fingerprint density at radius 2 is 2.30 bits per heavy atom. The minimum absolute atomic E-state index is 0.740. The highest BCUT2D eigenvalue weighted by Gasteiger charge is 2.58. The summed E-state index contributed by atoms with van der Waals surface area (Å²) in [5.41, 5.74) is 2.40. The van der Waals surface area contributed by atoms with E-state index in [1.165, 1.54) is 12.8 Å². The predicted octanol–water partition coefficient (Wildman–Crippen LogP) is 3.00. The summed E-state index contributed by atoms with van der Waals surface area (Å²) in [7, 11) is 0. The van der Waals surface area contributed by atoms with Gasteiger partial charge in [0, 0.05) is 0 Å². The highest BCUT2D eigenvalue weighted by molar-refractivity contribution is 5.28. The topological polar surface area (TPSA) is 0 Å². The second-order valence-corrected chi connectivity index (χ2v) is 4.30. The molecule has 2 atom stereocenters. The van der Waals surface area contributed by atoms with Crippen molar-refractivity contribution in [2.24, 2.45) is 17.3 Å². The second kappa shape index (κ2) is 1.66. The SMILES string of the molecule is CC1=CC[C@@]2(C(C)C)C[C@@H]12. The summed E-state index contributed by atoms with van der Waals surface area (Å²) in [5.74, 6) is 1.87. The van der Waals surface area contributed by atoms with Crippen LogP contribution in [-0.4, -0.2) is 0 Å². The Morgan fingerprint density at radius 3 is 2.50 bits per heavy atom. The van der Waals surface area contributed by atoms with Crippen LogP contribution in [0.2, 0.25) is 0 Å². The fourth-order valence-corrected chi connectivity index (χ4v) is 2.53. The molecule has 0 aromatic carbocycles. The second-order valence-electron chi connectivity index (χ2n) is 4.30. The fraction of sp³-hybridized carbons (Fsp3) is 0.800. The van der Waals surface area contributed by atoms with E-state index in [0.29, 0.717) is 0 Å². The Balaban J connectivity index is 2.17. The largest absolute Gasteiger partial charge is 0.0847 e. The van der Waals surface area contributed by atoms with Gasteiger partial charge in [0.25, 0.3) is 0 Å². The van der Waals surface area contributed by atoms with Crippen molar-refractivity contribution in [3.8, 4) is 0 Å². The molecule has 2 aliphatic carbocycles. The summed E-state index contributed by atoms with van der Waals surface area (Å²) in [4.78, 5) is 0. The first-order chi connectivity index (χ1) is 4.67. The van der Waals surface area contributed by atoms with Crippen LogP contribution in [0, 0.1) is 17.3 Å². The normalized spacial score (nSPS) is 43.6. The van der Waals surface area contributed by atoms with E-state index in [1.54, 1.807) is 5.57 Å². The molecule has 0 N–H and O–H groups in total. The van der Waals surface area contributed by atoms with E-state index in [0.717, 1.165) is 17.3 Å². The molecule has 0 radical (unpaired) electrons. The van der Waals surface area contributed by atoms with E-state index in [9.17, 15) is 0 Å². The van der Waals surface area contributed by atoms with Crippen LogP contribution in [0.4, 0.5) is 0 Å². The van der Waals surface area contributed by atoms with Crippen LogP contribution < -0.4 is 0 Å². The predicted molar refractivity (Wildman–Crippen MR) is 43.8 cm³/mol. The van der Waals surface area contributed by atoms with Crippen molar-refractivity contribution in [3.05, 3.63) is 11.6 Å². The van der Waals surface area contributed by atoms with Gasteiger partial charge in [-0.3, -0.25) is 0 Å². The third kappa shape index (κ3) is 0.574. The molecule has 0 heterocycles. The maximum atomic E-state index is 2.44. The third-order valence-electron chi connectivity index (χ3n) is 3.62. The summed E-state index contributed by atoms with van der Waals surface area (Å²) >= 11 is 0. The molecule has 0 spiro atoms. The van der Waals surface area contributed by atoms with Crippen molar-refractivity contribution in [1.82, 2.24) is 0 Å². The van der Waals surface area contributed by atoms with Crippen molar-refractivity contribution in [1.29, 1.82) is 0 Å². The standard InChI is InChI=1S/C10H16/c1-7(2)10-5-4-8(3)9(10)6-10/h4,7,9H,5-6H2,1-3H3/t9-,10-/m0/s1. The quantitative estimate of drug-likeness (QED) is 0.486. The molecule has 0 aliphatic heterocycles. The molecular formula is C10H16. The molecule has 0 aromatic heterocycles. The van der Waals surface area contributed by atoms with Crippen molar-refractivity contribution < 1.29 is 0 Å². The lowest BCUT2D eigenvalue weighted by atomic mass is 9.89. The van der Waals surface area contributed by atoms with Crippen molar-refractivity contribution in [3.63, 3.8) is 0 Å². The van der Waals surface area contributed by atoms with Gasteiger partial charge in [0.1, 0.15) is 0 Å². The molecule has 2 rings (SSSR count). The van der Waals surface area contributed by atoms with Gasteiger partial charge in [0.2, 0.25) is 0 Å². The number of fused-ring (bicyclic) bond motifs is 1. The zero-order valence-corrected chi connectivity index (χ0v) is 7.15. The van der Waals surface area contributed by atoms with Gasteiger partial charge >= 0.3 is 0 Å². The molecule has 1 fully saturated rings. The third-order valence-corrected chi connectivity index (χ3v) is 3.62. The van der Waals surface area contributed by atoms with Crippen LogP contribution in [0.1, 0.15) is 33.6 Å². The van der Waals surface area contributed by atoms with Crippen LogP contribution in [0.5, 0.6) is 0 Å². The van der Waals surface area contributed by atoms with Crippen LogP contribution in [0.3, 0.4) is 0 Å². The van der Waals surface area contributed by atoms with Crippen LogP contribution in [0.25, 0.3) is 0 Å². The van der Waals surface area contributed by atoms with E-state index in [1.807, 2.05) is 0 Å². The lowest BCUT2D eigenvalue weighted by Gasteiger charge is -2.15. The highest BCUT2D eigenvalue weighted by atomic mass is 14.6. The molecule has 0 amide bonds. The van der Waals surface area contributed by atoms with Gasteiger partial charge in [0.15, 0.2) is 0 Å². The molecule has 0 bridgehead atoms. The fourth-order valence-electron chi connectivity index (χ4n) is 2.53. The Bertz CT molecular complexity index is 188. The van der Waals surface area contributed by atoms with Crippen LogP contribution in [-0.2, 0) is 0 Å². The van der Waals surface area contributed by atoms with E-state index in [-0.39, 0.29) is 0 Å². The van der Waals surface area contributed by atoms with E-state index in [2.05, 4.69) is 26.8 Å². The summed E-state index contributed by atoms with van der Waals surface area (Å²) < 4.78 is 0.